The van der Waals surface area contributed by atoms with Crippen LogP contribution in [0, 0.1) is 6.92 Å². The number of aromatic nitrogens is 1. The van der Waals surface area contributed by atoms with Crippen molar-refractivity contribution in [2.75, 3.05) is 25.4 Å². The van der Waals surface area contributed by atoms with E-state index < -0.39 is 0 Å². The van der Waals surface area contributed by atoms with Crippen molar-refractivity contribution in [3.05, 3.63) is 23.5 Å². The standard InChI is InChI=1S/C14H24N4O/c1-5-18(6-2)9-10(3)17-14(19)13-7-12(15)8-16-11(13)4/h7-8,10H,5-6,9,15H2,1-4H3,(H,17,19). The number of pyridine rings is 1. The van der Waals surface area contributed by atoms with E-state index >= 15 is 0 Å². The van der Waals surface area contributed by atoms with Gasteiger partial charge in [0.05, 0.1) is 23.1 Å². The molecule has 5 heteroatoms. The van der Waals surface area contributed by atoms with Crippen LogP contribution in [0.25, 0.3) is 0 Å². The van der Waals surface area contributed by atoms with E-state index in [4.69, 9.17) is 5.73 Å². The van der Waals surface area contributed by atoms with E-state index in [0.29, 0.717) is 16.9 Å². The maximum atomic E-state index is 12.2. The van der Waals surface area contributed by atoms with Gasteiger partial charge >= 0.3 is 0 Å². The van der Waals surface area contributed by atoms with E-state index in [1.807, 2.05) is 13.8 Å². The van der Waals surface area contributed by atoms with Crippen molar-refractivity contribution in [2.24, 2.45) is 0 Å². The third-order valence-corrected chi connectivity index (χ3v) is 3.16. The molecule has 0 aromatic carbocycles. The largest absolute Gasteiger partial charge is 0.397 e. The van der Waals surface area contributed by atoms with Gasteiger partial charge in [-0.25, -0.2) is 0 Å². The zero-order chi connectivity index (χ0) is 14.4. The Morgan fingerprint density at radius 2 is 2.11 bits per heavy atom. The van der Waals surface area contributed by atoms with E-state index in [-0.39, 0.29) is 11.9 Å². The average molecular weight is 264 g/mol. The summed E-state index contributed by atoms with van der Waals surface area (Å²) in [5, 5.41) is 2.99. The number of nitrogen functional groups attached to an aromatic ring is 1. The molecule has 1 aromatic rings. The zero-order valence-electron chi connectivity index (χ0n) is 12.2. The Hall–Kier alpha value is -1.62. The van der Waals surface area contributed by atoms with E-state index in [1.54, 1.807) is 12.3 Å². The first-order chi connectivity index (χ1) is 8.97. The van der Waals surface area contributed by atoms with Gasteiger partial charge in [0.2, 0.25) is 0 Å². The Kier molecular flexibility index (Phi) is 5.76. The number of hydrogen-bond acceptors (Lipinski definition) is 4. The number of nitrogens with zero attached hydrogens (tertiary/aromatic N) is 2. The molecule has 0 aliphatic rings. The molecule has 0 aliphatic heterocycles. The number of anilines is 1. The molecule has 0 radical (unpaired) electrons. The molecule has 0 aliphatic carbocycles. The molecule has 1 unspecified atom stereocenters. The summed E-state index contributed by atoms with van der Waals surface area (Å²) in [5.74, 6) is -0.114. The second-order valence-electron chi connectivity index (χ2n) is 4.76. The molecule has 5 nitrogen and oxygen atoms in total. The van der Waals surface area contributed by atoms with Crippen LogP contribution in [-0.4, -0.2) is 41.5 Å². The fourth-order valence-electron chi connectivity index (χ4n) is 2.00. The molecule has 0 spiro atoms. The molecule has 19 heavy (non-hydrogen) atoms. The van der Waals surface area contributed by atoms with Crippen molar-refractivity contribution in [3.8, 4) is 0 Å². The Balaban J connectivity index is 2.66. The number of hydrogen-bond donors (Lipinski definition) is 2. The molecule has 0 saturated heterocycles. The molecule has 106 valence electrons. The molecular weight excluding hydrogens is 240 g/mol. The van der Waals surface area contributed by atoms with Crippen LogP contribution in [0.15, 0.2) is 12.3 Å². The summed E-state index contributed by atoms with van der Waals surface area (Å²) in [7, 11) is 0. The predicted molar refractivity (Wildman–Crippen MR) is 78.1 cm³/mol. The van der Waals surface area contributed by atoms with Crippen LogP contribution < -0.4 is 11.1 Å². The quantitative estimate of drug-likeness (QED) is 0.815. The van der Waals surface area contributed by atoms with Crippen LogP contribution in [0.1, 0.15) is 36.8 Å². The summed E-state index contributed by atoms with van der Waals surface area (Å²) in [6.07, 6.45) is 1.56. The van der Waals surface area contributed by atoms with Crippen molar-refractivity contribution < 1.29 is 4.79 Å². The van der Waals surface area contributed by atoms with Gasteiger partial charge in [-0.1, -0.05) is 13.8 Å². The second kappa shape index (κ2) is 7.09. The van der Waals surface area contributed by atoms with Crippen LogP contribution in [0.2, 0.25) is 0 Å². The highest BCUT2D eigenvalue weighted by atomic mass is 16.1. The SMILES string of the molecule is CCN(CC)CC(C)NC(=O)c1cc(N)cnc1C. The number of rotatable bonds is 6. The first-order valence-corrected chi connectivity index (χ1v) is 6.73. The lowest BCUT2D eigenvalue weighted by molar-refractivity contribution is 0.0929. The third-order valence-electron chi connectivity index (χ3n) is 3.16. The van der Waals surface area contributed by atoms with Gasteiger partial charge in [0.1, 0.15) is 0 Å². The fourth-order valence-corrected chi connectivity index (χ4v) is 2.00. The zero-order valence-corrected chi connectivity index (χ0v) is 12.2. The van der Waals surface area contributed by atoms with Crippen LogP contribution in [0.5, 0.6) is 0 Å². The minimum Gasteiger partial charge on any atom is -0.397 e. The number of carbonyl (C=O) groups is 1. The Labute approximate surface area is 115 Å². The molecule has 0 bridgehead atoms. The van der Waals surface area contributed by atoms with Gasteiger partial charge in [0.15, 0.2) is 0 Å². The highest BCUT2D eigenvalue weighted by Gasteiger charge is 2.14. The summed E-state index contributed by atoms with van der Waals surface area (Å²) in [4.78, 5) is 18.5. The van der Waals surface area contributed by atoms with Gasteiger partial charge in [0.25, 0.3) is 5.91 Å². The maximum absolute atomic E-state index is 12.2. The van der Waals surface area contributed by atoms with Gasteiger partial charge in [-0.2, -0.15) is 0 Å². The first-order valence-electron chi connectivity index (χ1n) is 6.73. The Morgan fingerprint density at radius 3 is 2.68 bits per heavy atom. The van der Waals surface area contributed by atoms with Gasteiger partial charge in [0, 0.05) is 12.6 Å². The van der Waals surface area contributed by atoms with Gasteiger partial charge < -0.3 is 16.0 Å². The molecule has 0 fully saturated rings. The highest BCUT2D eigenvalue weighted by Crippen LogP contribution is 2.09. The van der Waals surface area contributed by atoms with Crippen molar-refractivity contribution in [1.29, 1.82) is 0 Å². The monoisotopic (exact) mass is 264 g/mol. The Bertz CT molecular complexity index is 429. The third kappa shape index (κ3) is 4.52. The average Bonchev–Trinajstić information content (AvgIpc) is 2.38. The smallest absolute Gasteiger partial charge is 0.253 e. The summed E-state index contributed by atoms with van der Waals surface area (Å²) in [5.41, 5.74) is 7.42. The Morgan fingerprint density at radius 1 is 1.47 bits per heavy atom. The molecule has 1 rings (SSSR count). The van der Waals surface area contributed by atoms with Crippen molar-refractivity contribution in [1.82, 2.24) is 15.2 Å². The molecule has 1 atom stereocenters. The van der Waals surface area contributed by atoms with Gasteiger partial charge in [-0.3, -0.25) is 9.78 Å². The predicted octanol–water partition coefficient (Wildman–Crippen LogP) is 1.43. The lowest BCUT2D eigenvalue weighted by atomic mass is 10.1. The number of nitrogens with one attached hydrogen (secondary N) is 1. The lowest BCUT2D eigenvalue weighted by Crippen LogP contribution is -2.42. The number of carbonyl (C=O) groups excluding carboxylic acids is 1. The molecular formula is C14H24N4O. The minimum atomic E-state index is -0.114. The van der Waals surface area contributed by atoms with E-state index in [2.05, 4.69) is 29.0 Å². The normalized spacial score (nSPS) is 12.5. The maximum Gasteiger partial charge on any atom is 0.253 e. The molecule has 3 N–H and O–H groups in total. The van der Waals surface area contributed by atoms with Gasteiger partial charge in [-0.15, -0.1) is 0 Å². The van der Waals surface area contributed by atoms with Crippen LogP contribution in [-0.2, 0) is 0 Å². The summed E-state index contributed by atoms with van der Waals surface area (Å²) in [6, 6.07) is 1.76. The van der Waals surface area contributed by atoms with Crippen LogP contribution >= 0.6 is 0 Å². The summed E-state index contributed by atoms with van der Waals surface area (Å²) in [6.45, 7) is 10.8. The highest BCUT2D eigenvalue weighted by molar-refractivity contribution is 5.96. The molecule has 1 amide bonds. The molecule has 0 saturated carbocycles. The van der Waals surface area contributed by atoms with Crippen molar-refractivity contribution in [3.63, 3.8) is 0 Å². The number of likely N-dealkylation sites (N-methyl/N-ethyl adjacent to an activating group) is 1. The fraction of sp³-hybridized carbons (Fsp3) is 0.571. The number of nitrogens with two attached hydrogens (primary N) is 1. The number of aryl methyl sites for hydroxylation is 1. The molecule has 1 aromatic heterocycles. The topological polar surface area (TPSA) is 71.2 Å². The van der Waals surface area contributed by atoms with Crippen molar-refractivity contribution >= 4 is 11.6 Å². The first kappa shape index (κ1) is 15.4. The van der Waals surface area contributed by atoms with E-state index in [1.165, 1.54) is 0 Å². The lowest BCUT2D eigenvalue weighted by Gasteiger charge is -2.23. The van der Waals surface area contributed by atoms with E-state index in [0.717, 1.165) is 19.6 Å². The van der Waals surface area contributed by atoms with Crippen molar-refractivity contribution in [2.45, 2.75) is 33.7 Å². The molecule has 1 heterocycles. The summed E-state index contributed by atoms with van der Waals surface area (Å²) < 4.78 is 0. The van der Waals surface area contributed by atoms with Crippen LogP contribution in [0.3, 0.4) is 0 Å². The summed E-state index contributed by atoms with van der Waals surface area (Å²) >= 11 is 0. The number of amides is 1. The minimum absolute atomic E-state index is 0.0910. The van der Waals surface area contributed by atoms with Gasteiger partial charge in [-0.05, 0) is 33.0 Å². The second-order valence-corrected chi connectivity index (χ2v) is 4.76. The van der Waals surface area contributed by atoms with E-state index in [9.17, 15) is 4.79 Å². The van der Waals surface area contributed by atoms with Crippen LogP contribution in [0.4, 0.5) is 5.69 Å².